The molecule has 2 aliphatic rings. The van der Waals surface area contributed by atoms with Gasteiger partial charge in [0, 0.05) is 38.9 Å². The van der Waals surface area contributed by atoms with Crippen LogP contribution in [0.5, 0.6) is 5.75 Å². The van der Waals surface area contributed by atoms with Crippen molar-refractivity contribution >= 4 is 17.2 Å². The van der Waals surface area contributed by atoms with E-state index in [1.807, 2.05) is 0 Å². The molecule has 4 N–H and O–H groups in total. The molecule has 0 saturated carbocycles. The molecule has 40 heavy (non-hydrogen) atoms. The third-order valence-electron chi connectivity index (χ3n) is 7.57. The fraction of sp³-hybridized carbons (Fsp3) is 0.500. The number of carbonyl (C=O) groups is 1. The highest BCUT2D eigenvalue weighted by Gasteiger charge is 2.23. The molecule has 0 bridgehead atoms. The van der Waals surface area contributed by atoms with Gasteiger partial charge in [-0.3, -0.25) is 10.1 Å². The number of amides is 1. The number of nitrogens with zero attached hydrogens (tertiary/aromatic N) is 3. The number of aliphatic hydroxyl groups is 1. The van der Waals surface area contributed by atoms with Crippen LogP contribution in [0, 0.1) is 18.8 Å². The molecule has 1 aromatic carbocycles. The molecule has 1 fully saturated rings. The topological polar surface area (TPSA) is 137 Å². The second kappa shape index (κ2) is 14.4. The van der Waals surface area contributed by atoms with Crippen molar-refractivity contribution < 1.29 is 29.9 Å². The van der Waals surface area contributed by atoms with Gasteiger partial charge in [-0.1, -0.05) is 30.4 Å². The molecule has 4 rings (SSSR count). The fourth-order valence-electron chi connectivity index (χ4n) is 5.35. The number of hydrogen-bond donors (Lipinski definition) is 4. The van der Waals surface area contributed by atoms with Crippen LogP contribution in [0.1, 0.15) is 53.3 Å². The summed E-state index contributed by atoms with van der Waals surface area (Å²) in [5.41, 5.74) is 3.91. The smallest absolute Gasteiger partial charge is 0.273 e. The second-order valence-electron chi connectivity index (χ2n) is 10.6. The molecule has 2 unspecified atom stereocenters. The summed E-state index contributed by atoms with van der Waals surface area (Å²) in [4.78, 5) is 27.5. The predicted molar refractivity (Wildman–Crippen MR) is 152 cm³/mol. The molecule has 1 amide bonds. The number of benzene rings is 1. The summed E-state index contributed by atoms with van der Waals surface area (Å²) in [6, 6.07) is 8.70. The first-order valence-electron chi connectivity index (χ1n) is 13.9. The Morgan fingerprint density at radius 3 is 2.60 bits per heavy atom. The standard InChI is InChI=1S/C30H40N4O6/c1-20-29(36)28(30(37)31-13-16-40-38)33-27(32-20)18-22-11-14-34(15-12-22)25-9-7-24(8-10-25)23-5-3-21(4-6-23)17-26(35)19-39-2/h3,5-10,21-22,26,35-36,38H,4,11-19H2,1-2H3,(H,31,37). The van der Waals surface area contributed by atoms with Gasteiger partial charge in [0.2, 0.25) is 0 Å². The van der Waals surface area contributed by atoms with Crippen molar-refractivity contribution in [3.63, 3.8) is 0 Å². The maximum Gasteiger partial charge on any atom is 0.273 e. The van der Waals surface area contributed by atoms with E-state index in [9.17, 15) is 15.0 Å². The number of anilines is 1. The van der Waals surface area contributed by atoms with Crippen molar-refractivity contribution in [2.24, 2.45) is 11.8 Å². The lowest BCUT2D eigenvalue weighted by Crippen LogP contribution is -2.34. The quantitative estimate of drug-likeness (QED) is 0.177. The molecule has 10 heteroatoms. The van der Waals surface area contributed by atoms with E-state index in [2.05, 4.69) is 67.6 Å². The third-order valence-corrected chi connectivity index (χ3v) is 7.57. The highest BCUT2D eigenvalue weighted by Crippen LogP contribution is 2.30. The third kappa shape index (κ3) is 7.88. The Kier molecular flexibility index (Phi) is 10.7. The highest BCUT2D eigenvalue weighted by molar-refractivity contribution is 5.95. The Labute approximate surface area is 235 Å². The Morgan fingerprint density at radius 1 is 1.20 bits per heavy atom. The zero-order valence-electron chi connectivity index (χ0n) is 23.3. The first-order chi connectivity index (χ1) is 19.4. The molecule has 2 aromatic rings. The molecular formula is C30H40N4O6. The maximum atomic E-state index is 12.4. The largest absolute Gasteiger partial charge is 0.504 e. The van der Waals surface area contributed by atoms with E-state index < -0.39 is 12.0 Å². The van der Waals surface area contributed by atoms with Crippen molar-refractivity contribution in [2.45, 2.75) is 45.1 Å². The molecule has 2 atom stereocenters. The van der Waals surface area contributed by atoms with Crippen LogP contribution in [0.4, 0.5) is 5.69 Å². The van der Waals surface area contributed by atoms with Crippen LogP contribution in [0.25, 0.3) is 5.57 Å². The van der Waals surface area contributed by atoms with E-state index in [-0.39, 0.29) is 24.6 Å². The number of aromatic hydroxyl groups is 1. The number of piperidine rings is 1. The molecule has 1 aliphatic carbocycles. The molecule has 2 heterocycles. The number of hydrogen-bond acceptors (Lipinski definition) is 9. The van der Waals surface area contributed by atoms with Crippen molar-refractivity contribution in [1.82, 2.24) is 15.3 Å². The normalized spacial score (nSPS) is 18.4. The number of allylic oxidation sites excluding steroid dienone is 4. The monoisotopic (exact) mass is 552 g/mol. The lowest BCUT2D eigenvalue weighted by molar-refractivity contribution is -0.240. The second-order valence-corrected chi connectivity index (χ2v) is 10.6. The van der Waals surface area contributed by atoms with E-state index in [0.717, 1.165) is 32.4 Å². The summed E-state index contributed by atoms with van der Waals surface area (Å²) in [7, 11) is 1.61. The maximum absolute atomic E-state index is 12.4. The number of nitrogens with one attached hydrogen (secondary N) is 1. The number of rotatable bonds is 12. The summed E-state index contributed by atoms with van der Waals surface area (Å²) in [6.07, 6.45) is 10.4. The minimum Gasteiger partial charge on any atom is -0.504 e. The van der Waals surface area contributed by atoms with E-state index in [1.165, 1.54) is 16.8 Å². The van der Waals surface area contributed by atoms with E-state index in [1.54, 1.807) is 14.0 Å². The Morgan fingerprint density at radius 2 is 1.95 bits per heavy atom. The molecule has 216 valence electrons. The van der Waals surface area contributed by atoms with E-state index >= 15 is 0 Å². The van der Waals surface area contributed by atoms with Crippen LogP contribution in [0.2, 0.25) is 0 Å². The molecule has 0 spiro atoms. The molecule has 0 radical (unpaired) electrons. The van der Waals surface area contributed by atoms with Gasteiger partial charge in [-0.2, -0.15) is 0 Å². The van der Waals surface area contributed by atoms with Gasteiger partial charge in [-0.05, 0) is 67.7 Å². The van der Waals surface area contributed by atoms with Gasteiger partial charge >= 0.3 is 0 Å². The number of aryl methyl sites for hydroxylation is 1. The van der Waals surface area contributed by atoms with Gasteiger partial charge in [0.1, 0.15) is 5.82 Å². The zero-order valence-corrected chi connectivity index (χ0v) is 23.3. The number of aromatic nitrogens is 2. The van der Waals surface area contributed by atoms with Gasteiger partial charge in [-0.25, -0.2) is 14.9 Å². The van der Waals surface area contributed by atoms with Crippen molar-refractivity contribution in [1.29, 1.82) is 0 Å². The molecule has 1 aromatic heterocycles. The molecule has 1 saturated heterocycles. The Hall–Kier alpha value is -3.31. The van der Waals surface area contributed by atoms with Crippen LogP contribution in [-0.2, 0) is 16.0 Å². The summed E-state index contributed by atoms with van der Waals surface area (Å²) in [5.74, 6) is 0.502. The fourth-order valence-corrected chi connectivity index (χ4v) is 5.35. The van der Waals surface area contributed by atoms with Crippen molar-refractivity contribution in [3.05, 3.63) is 65.3 Å². The summed E-state index contributed by atoms with van der Waals surface area (Å²) < 4.78 is 5.03. The van der Waals surface area contributed by atoms with Crippen LogP contribution in [0.15, 0.2) is 42.5 Å². The highest BCUT2D eigenvalue weighted by atomic mass is 17.1. The number of ether oxygens (including phenoxy) is 1. The summed E-state index contributed by atoms with van der Waals surface area (Å²) in [5, 5.41) is 31.3. The minimum absolute atomic E-state index is 0.0540. The van der Waals surface area contributed by atoms with Crippen LogP contribution >= 0.6 is 0 Å². The SMILES string of the molecule is COCC(O)CC1C=CC(c2ccc(N3CCC(Cc4nc(C)c(O)c(C(=O)NCCOO)n4)CC3)cc2)=CC1. The first-order valence-corrected chi connectivity index (χ1v) is 13.9. The Balaban J connectivity index is 1.29. The van der Waals surface area contributed by atoms with Gasteiger partial charge in [0.25, 0.3) is 5.91 Å². The van der Waals surface area contributed by atoms with E-state index in [4.69, 9.17) is 9.99 Å². The first kappa shape index (κ1) is 29.7. The van der Waals surface area contributed by atoms with Crippen LogP contribution in [0.3, 0.4) is 0 Å². The molecule has 10 nitrogen and oxygen atoms in total. The average molecular weight is 553 g/mol. The summed E-state index contributed by atoms with van der Waals surface area (Å²) >= 11 is 0. The van der Waals surface area contributed by atoms with Gasteiger partial charge in [0.05, 0.1) is 25.0 Å². The lowest BCUT2D eigenvalue weighted by Gasteiger charge is -2.33. The van der Waals surface area contributed by atoms with Gasteiger partial charge < -0.3 is 25.2 Å². The number of carbonyl (C=O) groups excluding carboxylic acids is 1. The predicted octanol–water partition coefficient (Wildman–Crippen LogP) is 3.53. The number of aliphatic hydroxyl groups excluding tert-OH is 1. The lowest BCUT2D eigenvalue weighted by atomic mass is 9.89. The van der Waals surface area contributed by atoms with Crippen LogP contribution in [-0.4, -0.2) is 77.4 Å². The van der Waals surface area contributed by atoms with Crippen molar-refractivity contribution in [3.8, 4) is 5.75 Å². The Bertz CT molecular complexity index is 1190. The zero-order chi connectivity index (χ0) is 28.5. The molecular weight excluding hydrogens is 512 g/mol. The van der Waals surface area contributed by atoms with E-state index in [0.29, 0.717) is 42.8 Å². The van der Waals surface area contributed by atoms with Crippen molar-refractivity contribution in [2.75, 3.05) is 44.9 Å². The summed E-state index contributed by atoms with van der Waals surface area (Å²) in [6.45, 7) is 3.91. The minimum atomic E-state index is -0.528. The van der Waals surface area contributed by atoms with Gasteiger partial charge in [-0.15, -0.1) is 0 Å². The average Bonchev–Trinajstić information content (AvgIpc) is 2.96. The molecule has 1 aliphatic heterocycles. The number of methoxy groups -OCH3 is 1. The van der Waals surface area contributed by atoms with Crippen LogP contribution < -0.4 is 10.2 Å². The van der Waals surface area contributed by atoms with Gasteiger partial charge in [0.15, 0.2) is 11.4 Å².